The molecule has 0 aliphatic carbocycles. The van der Waals surface area contributed by atoms with E-state index < -0.39 is 0 Å². The zero-order chi connectivity index (χ0) is 24.5. The van der Waals surface area contributed by atoms with Gasteiger partial charge in [-0.3, -0.25) is 4.79 Å². The summed E-state index contributed by atoms with van der Waals surface area (Å²) < 4.78 is 6.52. The van der Waals surface area contributed by atoms with Crippen molar-refractivity contribution >= 4 is 45.5 Å². The van der Waals surface area contributed by atoms with E-state index in [1.54, 1.807) is 11.3 Å². The minimum absolute atomic E-state index is 0.179. The predicted molar refractivity (Wildman–Crippen MR) is 143 cm³/mol. The van der Waals surface area contributed by atoms with Crippen LogP contribution in [-0.2, 0) is 4.79 Å². The first-order valence-electron chi connectivity index (χ1n) is 12.4. The fourth-order valence-electron chi connectivity index (χ4n) is 4.80. The molecule has 36 heavy (non-hydrogen) atoms. The number of hydrogen-bond acceptors (Lipinski definition) is 8. The van der Waals surface area contributed by atoms with Crippen LogP contribution >= 0.6 is 11.3 Å². The molecule has 2 aliphatic rings. The van der Waals surface area contributed by atoms with E-state index in [4.69, 9.17) is 9.72 Å². The van der Waals surface area contributed by atoms with E-state index in [1.807, 2.05) is 53.0 Å². The number of hydrogen-bond donors (Lipinski definition) is 1. The molecule has 2 fully saturated rings. The van der Waals surface area contributed by atoms with Crippen LogP contribution in [0, 0.1) is 0 Å². The normalized spacial score (nSPS) is 17.1. The Bertz CT molecular complexity index is 1370. The van der Waals surface area contributed by atoms with Crippen LogP contribution < -0.4 is 15.0 Å². The molecule has 184 valence electrons. The minimum atomic E-state index is 0.179. The second kappa shape index (κ2) is 9.83. The Hall–Kier alpha value is -3.56. The lowest BCUT2D eigenvalue weighted by Crippen LogP contribution is -2.35. The van der Waals surface area contributed by atoms with Crippen molar-refractivity contribution in [1.29, 1.82) is 0 Å². The van der Waals surface area contributed by atoms with Crippen LogP contribution in [0.3, 0.4) is 0 Å². The molecule has 0 bridgehead atoms. The maximum absolute atomic E-state index is 12.0. The lowest BCUT2D eigenvalue weighted by Gasteiger charge is -2.29. The van der Waals surface area contributed by atoms with Crippen molar-refractivity contribution < 1.29 is 9.53 Å². The molecule has 8 nitrogen and oxygen atoms in total. The Morgan fingerprint density at radius 3 is 2.64 bits per heavy atom. The third kappa shape index (κ3) is 4.76. The molecular formula is C27H28N6O2S. The molecule has 4 heterocycles. The average molecular weight is 501 g/mol. The summed E-state index contributed by atoms with van der Waals surface area (Å²) in [4.78, 5) is 30.0. The predicted octanol–water partition coefficient (Wildman–Crippen LogP) is 5.10. The fraction of sp³-hybridized carbons (Fsp3) is 0.333. The standard InChI is InChI=1S/C27H28N6O2S/c1-32-12-8-21(9-13-32)35-24-16-23-18(15-22(24)26-28-10-14-36-26)17-29-27(31-23)30-19-4-6-20(7-5-19)33-11-2-3-25(33)34/h4-7,10,14-17,21H,2-3,8-9,11-13H2,1H3,(H,29,30,31). The molecule has 2 aromatic heterocycles. The molecule has 0 radical (unpaired) electrons. The SMILES string of the molecule is CN1CCC(Oc2cc3nc(Nc4ccc(N5CCCC5=O)cc4)ncc3cc2-c2nccs2)CC1. The number of fused-ring (bicyclic) bond motifs is 1. The number of rotatable bonds is 6. The van der Waals surface area contributed by atoms with Gasteiger partial charge < -0.3 is 19.9 Å². The third-order valence-electron chi connectivity index (χ3n) is 6.81. The van der Waals surface area contributed by atoms with Crippen LogP contribution in [0.5, 0.6) is 5.75 Å². The molecule has 4 aromatic rings. The van der Waals surface area contributed by atoms with Gasteiger partial charge in [-0.25, -0.2) is 15.0 Å². The van der Waals surface area contributed by atoms with Crippen molar-refractivity contribution in [3.05, 3.63) is 54.2 Å². The molecule has 0 unspecified atom stereocenters. The largest absolute Gasteiger partial charge is 0.490 e. The van der Waals surface area contributed by atoms with E-state index in [-0.39, 0.29) is 12.0 Å². The molecule has 1 amide bonds. The number of likely N-dealkylation sites (tertiary alicyclic amines) is 1. The second-order valence-corrected chi connectivity index (χ2v) is 10.3. The van der Waals surface area contributed by atoms with Gasteiger partial charge in [-0.2, -0.15) is 0 Å². The van der Waals surface area contributed by atoms with Gasteiger partial charge in [0, 0.05) is 66.7 Å². The van der Waals surface area contributed by atoms with Gasteiger partial charge >= 0.3 is 0 Å². The summed E-state index contributed by atoms with van der Waals surface area (Å²) in [5.41, 5.74) is 3.59. The first-order valence-corrected chi connectivity index (χ1v) is 13.2. The first kappa shape index (κ1) is 22.9. The number of benzene rings is 2. The van der Waals surface area contributed by atoms with E-state index in [2.05, 4.69) is 33.3 Å². The summed E-state index contributed by atoms with van der Waals surface area (Å²) in [6.07, 6.45) is 7.37. The lowest BCUT2D eigenvalue weighted by atomic mass is 10.1. The number of carbonyl (C=O) groups is 1. The van der Waals surface area contributed by atoms with Gasteiger partial charge in [-0.05, 0) is 56.6 Å². The van der Waals surface area contributed by atoms with Gasteiger partial charge in [-0.1, -0.05) is 0 Å². The second-order valence-electron chi connectivity index (χ2n) is 9.38. The number of carbonyl (C=O) groups excluding carboxylic acids is 1. The lowest BCUT2D eigenvalue weighted by molar-refractivity contribution is -0.117. The number of ether oxygens (including phenoxy) is 1. The number of amides is 1. The quantitative estimate of drug-likeness (QED) is 0.394. The van der Waals surface area contributed by atoms with Crippen LogP contribution in [0.25, 0.3) is 21.5 Å². The van der Waals surface area contributed by atoms with E-state index in [0.29, 0.717) is 12.4 Å². The van der Waals surface area contributed by atoms with Gasteiger partial charge in [0.05, 0.1) is 11.1 Å². The molecule has 2 aromatic carbocycles. The summed E-state index contributed by atoms with van der Waals surface area (Å²) in [5, 5.41) is 7.13. The average Bonchev–Trinajstić information content (AvgIpc) is 3.58. The molecule has 2 saturated heterocycles. The topological polar surface area (TPSA) is 83.5 Å². The van der Waals surface area contributed by atoms with Gasteiger partial charge in [0.1, 0.15) is 16.9 Å². The Balaban J connectivity index is 1.27. The summed E-state index contributed by atoms with van der Waals surface area (Å²) in [6.45, 7) is 2.85. The van der Waals surface area contributed by atoms with Crippen molar-refractivity contribution in [3.8, 4) is 16.3 Å². The van der Waals surface area contributed by atoms with E-state index in [0.717, 1.165) is 77.5 Å². The number of aromatic nitrogens is 3. The maximum Gasteiger partial charge on any atom is 0.227 e. The third-order valence-corrected chi connectivity index (χ3v) is 7.62. The minimum Gasteiger partial charge on any atom is -0.490 e. The summed E-state index contributed by atoms with van der Waals surface area (Å²) >= 11 is 1.60. The van der Waals surface area contributed by atoms with Gasteiger partial charge in [0.25, 0.3) is 0 Å². The smallest absolute Gasteiger partial charge is 0.227 e. The fourth-order valence-corrected chi connectivity index (χ4v) is 5.46. The highest BCUT2D eigenvalue weighted by Gasteiger charge is 2.22. The van der Waals surface area contributed by atoms with E-state index in [1.165, 1.54) is 0 Å². The van der Waals surface area contributed by atoms with Gasteiger partial charge in [0.2, 0.25) is 11.9 Å². The summed E-state index contributed by atoms with van der Waals surface area (Å²) in [6, 6.07) is 11.9. The van der Waals surface area contributed by atoms with Crippen molar-refractivity contribution in [2.75, 3.05) is 36.9 Å². The molecule has 2 aliphatic heterocycles. The van der Waals surface area contributed by atoms with Crippen LogP contribution in [0.2, 0.25) is 0 Å². The molecular weight excluding hydrogens is 472 g/mol. The number of anilines is 3. The number of thiazole rings is 1. The highest BCUT2D eigenvalue weighted by atomic mass is 32.1. The van der Waals surface area contributed by atoms with Crippen molar-refractivity contribution in [2.24, 2.45) is 0 Å². The van der Waals surface area contributed by atoms with Crippen LogP contribution in [0.1, 0.15) is 25.7 Å². The highest BCUT2D eigenvalue weighted by Crippen LogP contribution is 2.36. The number of piperidine rings is 1. The van der Waals surface area contributed by atoms with Crippen LogP contribution in [0.4, 0.5) is 17.3 Å². The van der Waals surface area contributed by atoms with E-state index >= 15 is 0 Å². The van der Waals surface area contributed by atoms with Crippen molar-refractivity contribution in [2.45, 2.75) is 31.8 Å². The van der Waals surface area contributed by atoms with Crippen LogP contribution in [0.15, 0.2) is 54.2 Å². The molecule has 0 spiro atoms. The number of nitrogens with zero attached hydrogens (tertiary/aromatic N) is 5. The van der Waals surface area contributed by atoms with Gasteiger partial charge in [0.15, 0.2) is 0 Å². The molecule has 6 rings (SSSR count). The highest BCUT2D eigenvalue weighted by molar-refractivity contribution is 7.13. The maximum atomic E-state index is 12.0. The first-order chi connectivity index (χ1) is 17.6. The van der Waals surface area contributed by atoms with E-state index in [9.17, 15) is 4.79 Å². The summed E-state index contributed by atoms with van der Waals surface area (Å²) in [7, 11) is 2.15. The van der Waals surface area contributed by atoms with Crippen molar-refractivity contribution in [3.63, 3.8) is 0 Å². The van der Waals surface area contributed by atoms with Crippen LogP contribution in [-0.4, -0.2) is 58.5 Å². The zero-order valence-electron chi connectivity index (χ0n) is 20.2. The van der Waals surface area contributed by atoms with Gasteiger partial charge in [-0.15, -0.1) is 11.3 Å². The Kier molecular flexibility index (Phi) is 6.25. The Morgan fingerprint density at radius 1 is 1.08 bits per heavy atom. The summed E-state index contributed by atoms with van der Waals surface area (Å²) in [5.74, 6) is 1.51. The number of nitrogens with one attached hydrogen (secondary N) is 1. The van der Waals surface area contributed by atoms with Crippen molar-refractivity contribution in [1.82, 2.24) is 19.9 Å². The monoisotopic (exact) mass is 500 g/mol. The molecule has 9 heteroatoms. The Morgan fingerprint density at radius 2 is 1.92 bits per heavy atom. The molecule has 0 atom stereocenters. The molecule has 0 saturated carbocycles. The Labute approximate surface area is 214 Å². The zero-order valence-corrected chi connectivity index (χ0v) is 21.0. The molecule has 1 N–H and O–H groups in total.